The Labute approximate surface area is 226 Å². The van der Waals surface area contributed by atoms with E-state index in [0.717, 1.165) is 24.5 Å². The van der Waals surface area contributed by atoms with Crippen molar-refractivity contribution in [3.63, 3.8) is 0 Å². The SMILES string of the molecule is O=C(Nc1cc(-c2cc(OCC3CCOCC3)ccc2C(F)(F)F)ccn1)c1nnc(Cc2ccc(F)cc2)[nH]1. The summed E-state index contributed by atoms with van der Waals surface area (Å²) >= 11 is 0. The van der Waals surface area contributed by atoms with Gasteiger partial charge in [-0.1, -0.05) is 12.1 Å². The Morgan fingerprint density at radius 1 is 1.05 bits per heavy atom. The van der Waals surface area contributed by atoms with Crippen molar-refractivity contribution in [2.75, 3.05) is 25.1 Å². The van der Waals surface area contributed by atoms with Crippen LogP contribution in [-0.2, 0) is 17.3 Å². The molecule has 0 aliphatic carbocycles. The number of nitrogens with zero attached hydrogens (tertiary/aromatic N) is 3. The topological polar surface area (TPSA) is 102 Å². The fraction of sp³-hybridized carbons (Fsp3) is 0.286. The number of hydrogen-bond donors (Lipinski definition) is 2. The van der Waals surface area contributed by atoms with Gasteiger partial charge in [-0.2, -0.15) is 13.2 Å². The second kappa shape index (κ2) is 11.8. The number of carbonyl (C=O) groups is 1. The molecule has 2 N–H and O–H groups in total. The minimum absolute atomic E-state index is 0.0284. The van der Waals surface area contributed by atoms with Crippen LogP contribution in [0.1, 0.15) is 40.4 Å². The predicted octanol–water partition coefficient (Wildman–Crippen LogP) is 5.67. The van der Waals surface area contributed by atoms with Crippen LogP contribution in [0.2, 0.25) is 0 Å². The summed E-state index contributed by atoms with van der Waals surface area (Å²) in [5.41, 5.74) is 0.0215. The van der Waals surface area contributed by atoms with E-state index >= 15 is 0 Å². The number of rotatable bonds is 8. The summed E-state index contributed by atoms with van der Waals surface area (Å²) in [5.74, 6) is -0.156. The third-order valence-corrected chi connectivity index (χ3v) is 6.47. The number of benzene rings is 2. The molecule has 0 atom stereocenters. The van der Waals surface area contributed by atoms with Gasteiger partial charge in [0.2, 0.25) is 5.82 Å². The minimum Gasteiger partial charge on any atom is -0.493 e. The van der Waals surface area contributed by atoms with Crippen molar-refractivity contribution in [3.05, 3.63) is 89.4 Å². The number of halogens is 4. The molecule has 1 aliphatic rings. The lowest BCUT2D eigenvalue weighted by molar-refractivity contribution is -0.137. The van der Waals surface area contributed by atoms with Gasteiger partial charge in [0.15, 0.2) is 0 Å². The molecule has 0 radical (unpaired) electrons. The largest absolute Gasteiger partial charge is 0.493 e. The van der Waals surface area contributed by atoms with Crippen LogP contribution in [-0.4, -0.2) is 45.9 Å². The highest BCUT2D eigenvalue weighted by molar-refractivity contribution is 6.01. The molecule has 0 bridgehead atoms. The second-order valence-electron chi connectivity index (χ2n) is 9.38. The molecule has 2 aromatic heterocycles. The van der Waals surface area contributed by atoms with Crippen LogP contribution < -0.4 is 10.1 Å². The highest BCUT2D eigenvalue weighted by Crippen LogP contribution is 2.39. The van der Waals surface area contributed by atoms with Gasteiger partial charge in [0, 0.05) is 25.8 Å². The number of pyridine rings is 1. The summed E-state index contributed by atoms with van der Waals surface area (Å²) in [6.07, 6.45) is -1.34. The fourth-order valence-corrected chi connectivity index (χ4v) is 4.34. The summed E-state index contributed by atoms with van der Waals surface area (Å²) in [6.45, 7) is 1.66. The monoisotopic (exact) mass is 555 g/mol. The maximum absolute atomic E-state index is 13.9. The number of nitrogens with one attached hydrogen (secondary N) is 2. The van der Waals surface area contributed by atoms with Gasteiger partial charge in [-0.15, -0.1) is 10.2 Å². The molecule has 40 heavy (non-hydrogen) atoms. The van der Waals surface area contributed by atoms with Gasteiger partial charge in [0.1, 0.15) is 23.2 Å². The number of carbonyl (C=O) groups excluding carboxylic acids is 1. The van der Waals surface area contributed by atoms with Crippen molar-refractivity contribution >= 4 is 11.7 Å². The molecule has 1 aliphatic heterocycles. The number of amides is 1. The van der Waals surface area contributed by atoms with E-state index in [1.165, 1.54) is 42.6 Å². The lowest BCUT2D eigenvalue weighted by Gasteiger charge is -2.22. The van der Waals surface area contributed by atoms with Gasteiger partial charge in [0.05, 0.1) is 12.2 Å². The van der Waals surface area contributed by atoms with E-state index < -0.39 is 17.6 Å². The highest BCUT2D eigenvalue weighted by atomic mass is 19.4. The zero-order valence-corrected chi connectivity index (χ0v) is 21.2. The molecule has 12 heteroatoms. The third-order valence-electron chi connectivity index (χ3n) is 6.47. The van der Waals surface area contributed by atoms with Crippen LogP contribution >= 0.6 is 0 Å². The number of aromatic nitrogens is 4. The van der Waals surface area contributed by atoms with E-state index in [0.29, 0.717) is 37.8 Å². The first-order chi connectivity index (χ1) is 19.2. The first kappa shape index (κ1) is 27.3. The Balaban J connectivity index is 1.32. The van der Waals surface area contributed by atoms with Gasteiger partial charge in [-0.3, -0.25) is 4.79 Å². The molecule has 0 saturated carbocycles. The van der Waals surface area contributed by atoms with Gasteiger partial charge in [0.25, 0.3) is 5.91 Å². The molecule has 1 saturated heterocycles. The van der Waals surface area contributed by atoms with Crippen molar-refractivity contribution in [2.24, 2.45) is 5.92 Å². The average molecular weight is 556 g/mol. The van der Waals surface area contributed by atoms with E-state index in [1.807, 2.05) is 0 Å². The Morgan fingerprint density at radius 3 is 2.58 bits per heavy atom. The van der Waals surface area contributed by atoms with Crippen LogP contribution in [0, 0.1) is 11.7 Å². The Bertz CT molecular complexity index is 1470. The summed E-state index contributed by atoms with van der Waals surface area (Å²) in [7, 11) is 0. The number of anilines is 1. The van der Waals surface area contributed by atoms with Crippen LogP contribution in [0.4, 0.5) is 23.4 Å². The average Bonchev–Trinajstić information content (AvgIpc) is 3.42. The summed E-state index contributed by atoms with van der Waals surface area (Å²) in [4.78, 5) is 19.6. The Kier molecular flexibility index (Phi) is 8.06. The Hall–Kier alpha value is -4.32. The Morgan fingerprint density at radius 2 is 1.82 bits per heavy atom. The van der Waals surface area contributed by atoms with Crippen molar-refractivity contribution in [1.29, 1.82) is 0 Å². The summed E-state index contributed by atoms with van der Waals surface area (Å²) in [5, 5.41) is 10.3. The smallest absolute Gasteiger partial charge is 0.417 e. The van der Waals surface area contributed by atoms with Gasteiger partial charge in [-0.05, 0) is 77.9 Å². The minimum atomic E-state index is -4.61. The number of ether oxygens (including phenoxy) is 2. The number of alkyl halides is 3. The van der Waals surface area contributed by atoms with E-state index in [-0.39, 0.29) is 34.5 Å². The first-order valence-electron chi connectivity index (χ1n) is 12.6. The molecule has 0 unspecified atom stereocenters. The van der Waals surface area contributed by atoms with Gasteiger partial charge >= 0.3 is 6.18 Å². The van der Waals surface area contributed by atoms with Crippen LogP contribution in [0.25, 0.3) is 11.1 Å². The quantitative estimate of drug-likeness (QED) is 0.272. The number of hydrogen-bond acceptors (Lipinski definition) is 6. The van der Waals surface area contributed by atoms with E-state index in [1.54, 1.807) is 12.1 Å². The number of H-pyrrole nitrogens is 1. The van der Waals surface area contributed by atoms with Crippen molar-refractivity contribution in [2.45, 2.75) is 25.4 Å². The molecular weight excluding hydrogens is 530 g/mol. The molecule has 1 amide bonds. The molecule has 5 rings (SSSR count). The predicted molar refractivity (Wildman–Crippen MR) is 137 cm³/mol. The molecular formula is C28H25F4N5O3. The van der Waals surface area contributed by atoms with E-state index in [2.05, 4.69) is 25.5 Å². The van der Waals surface area contributed by atoms with Crippen molar-refractivity contribution in [3.8, 4) is 16.9 Å². The molecule has 1 fully saturated rings. The molecule has 8 nitrogen and oxygen atoms in total. The van der Waals surface area contributed by atoms with Gasteiger partial charge < -0.3 is 19.8 Å². The molecule has 2 aromatic carbocycles. The molecule has 208 valence electrons. The maximum atomic E-state index is 13.9. The van der Waals surface area contributed by atoms with Crippen molar-refractivity contribution < 1.29 is 31.8 Å². The van der Waals surface area contributed by atoms with Crippen LogP contribution in [0.15, 0.2) is 60.8 Å². The third kappa shape index (κ3) is 6.81. The van der Waals surface area contributed by atoms with Gasteiger partial charge in [-0.25, -0.2) is 9.37 Å². The normalized spacial score (nSPS) is 14.2. The zero-order valence-electron chi connectivity index (χ0n) is 21.2. The van der Waals surface area contributed by atoms with Crippen LogP contribution in [0.5, 0.6) is 5.75 Å². The zero-order chi connectivity index (χ0) is 28.1. The highest BCUT2D eigenvalue weighted by Gasteiger charge is 2.34. The summed E-state index contributed by atoms with van der Waals surface area (Å²) in [6, 6.07) is 12.2. The van der Waals surface area contributed by atoms with Crippen LogP contribution in [0.3, 0.4) is 0 Å². The van der Waals surface area contributed by atoms with E-state index in [9.17, 15) is 22.4 Å². The lowest BCUT2D eigenvalue weighted by Crippen LogP contribution is -2.21. The fourth-order valence-electron chi connectivity index (χ4n) is 4.34. The molecule has 0 spiro atoms. The molecule has 3 heterocycles. The number of aromatic amines is 1. The molecule has 4 aromatic rings. The first-order valence-corrected chi connectivity index (χ1v) is 12.6. The second-order valence-corrected chi connectivity index (χ2v) is 9.38. The summed E-state index contributed by atoms with van der Waals surface area (Å²) < 4.78 is 65.9. The van der Waals surface area contributed by atoms with E-state index in [4.69, 9.17) is 9.47 Å². The maximum Gasteiger partial charge on any atom is 0.417 e. The standard InChI is InChI=1S/C28H25F4N5O3/c29-20-3-1-17(2-4-20)13-25-34-26(37-36-25)27(38)35-24-14-19(7-10-33-24)22-15-21(5-6-23(22)28(30,31)32)40-16-18-8-11-39-12-9-18/h1-7,10,14-15,18H,8-9,11-13,16H2,(H,33,35,38)(H,34,36,37). The van der Waals surface area contributed by atoms with Crippen molar-refractivity contribution in [1.82, 2.24) is 20.2 Å². The lowest BCUT2D eigenvalue weighted by atomic mass is 9.99.